The zero-order valence-electron chi connectivity index (χ0n) is 54.6. The highest BCUT2D eigenvalue weighted by molar-refractivity contribution is 7.47. The van der Waals surface area contributed by atoms with E-state index in [1.807, 2.05) is 0 Å². The van der Waals surface area contributed by atoms with Crippen molar-refractivity contribution in [3.05, 3.63) is 0 Å². The maximum Gasteiger partial charge on any atom is 0.472 e. The molecule has 0 spiro atoms. The lowest BCUT2D eigenvalue weighted by molar-refractivity contribution is -0.161. The van der Waals surface area contributed by atoms with E-state index in [0.717, 1.165) is 109 Å². The number of phosphoric acid groups is 2. The van der Waals surface area contributed by atoms with Crippen LogP contribution in [0.3, 0.4) is 0 Å². The second-order valence-corrected chi connectivity index (χ2v) is 26.8. The van der Waals surface area contributed by atoms with Crippen molar-refractivity contribution in [2.45, 2.75) is 361 Å². The summed E-state index contributed by atoms with van der Waals surface area (Å²) in [5, 5.41) is 10.5. The number of carbonyl (C=O) groups is 4. The van der Waals surface area contributed by atoms with Crippen LogP contribution in [0.25, 0.3) is 0 Å². The first-order chi connectivity index (χ1) is 41.2. The van der Waals surface area contributed by atoms with Crippen LogP contribution in [0.1, 0.15) is 342 Å². The van der Waals surface area contributed by atoms with Gasteiger partial charge in [-0.25, -0.2) is 9.13 Å². The Kier molecular flexibility index (Phi) is 59.6. The van der Waals surface area contributed by atoms with Gasteiger partial charge >= 0.3 is 39.5 Å². The molecule has 0 rings (SSSR count). The molecule has 504 valence electrons. The Morgan fingerprint density at radius 2 is 0.471 bits per heavy atom. The van der Waals surface area contributed by atoms with Gasteiger partial charge in [0.15, 0.2) is 12.2 Å². The van der Waals surface area contributed by atoms with E-state index in [9.17, 15) is 43.2 Å². The summed E-state index contributed by atoms with van der Waals surface area (Å²) in [6.07, 6.45) is 47.7. The van der Waals surface area contributed by atoms with Crippen molar-refractivity contribution in [1.29, 1.82) is 0 Å². The molecule has 0 aliphatic rings. The van der Waals surface area contributed by atoms with E-state index in [0.29, 0.717) is 25.7 Å². The van der Waals surface area contributed by atoms with Crippen LogP contribution < -0.4 is 0 Å². The summed E-state index contributed by atoms with van der Waals surface area (Å²) in [7, 11) is -9.87. The van der Waals surface area contributed by atoms with Crippen molar-refractivity contribution < 1.29 is 80.2 Å². The van der Waals surface area contributed by atoms with E-state index in [1.54, 1.807) is 0 Å². The van der Waals surface area contributed by atoms with Gasteiger partial charge in [-0.2, -0.15) is 0 Å². The highest BCUT2D eigenvalue weighted by Crippen LogP contribution is 2.45. The molecule has 0 bridgehead atoms. The number of hydrogen-bond donors (Lipinski definition) is 3. The van der Waals surface area contributed by atoms with Gasteiger partial charge in [-0.3, -0.25) is 37.3 Å². The molecule has 0 amide bonds. The standard InChI is InChI=1S/C66H128O17P2/c1-5-9-13-17-21-24-25-26-27-28-29-30-31-32-33-34-35-36-37-41-45-49-53-66(71)83-62(57-77-64(69)51-47-43-39-22-18-14-10-6-2)59-81-85(74,75)79-55-60(67)54-78-84(72,73)80-58-61(56-76-63(68)50-46-42-38-20-16-12-8-4)82-65(70)52-48-44-40-23-19-15-11-7-3/h60-62,67H,5-59H2,1-4H3,(H,72,73)(H,74,75)/t60-,61+,62+/m0/s1. The van der Waals surface area contributed by atoms with Crippen molar-refractivity contribution in [1.82, 2.24) is 0 Å². The van der Waals surface area contributed by atoms with E-state index in [1.165, 1.54) is 154 Å². The Hall–Kier alpha value is -1.94. The van der Waals surface area contributed by atoms with E-state index in [2.05, 4.69) is 27.7 Å². The van der Waals surface area contributed by atoms with Crippen LogP contribution in [0.15, 0.2) is 0 Å². The zero-order chi connectivity index (χ0) is 62.6. The number of unbranched alkanes of at least 4 members (excludes halogenated alkanes) is 41. The fourth-order valence-corrected chi connectivity index (χ4v) is 11.6. The lowest BCUT2D eigenvalue weighted by Gasteiger charge is -2.21. The molecule has 17 nitrogen and oxygen atoms in total. The van der Waals surface area contributed by atoms with Crippen molar-refractivity contribution >= 4 is 39.5 Å². The quantitative estimate of drug-likeness (QED) is 0.0222. The van der Waals surface area contributed by atoms with Crippen LogP contribution in [-0.2, 0) is 65.4 Å². The zero-order valence-corrected chi connectivity index (χ0v) is 56.4. The largest absolute Gasteiger partial charge is 0.472 e. The average molecular weight is 1260 g/mol. The number of ether oxygens (including phenoxy) is 4. The number of aliphatic hydroxyl groups excluding tert-OH is 1. The first kappa shape index (κ1) is 83.1. The third-order valence-corrected chi connectivity index (χ3v) is 17.3. The van der Waals surface area contributed by atoms with E-state index in [-0.39, 0.29) is 25.7 Å². The lowest BCUT2D eigenvalue weighted by Crippen LogP contribution is -2.30. The van der Waals surface area contributed by atoms with Gasteiger partial charge < -0.3 is 33.8 Å². The second-order valence-electron chi connectivity index (χ2n) is 23.9. The fourth-order valence-electron chi connectivity index (χ4n) is 9.99. The summed E-state index contributed by atoms with van der Waals surface area (Å²) < 4.78 is 67.8. The molecule has 19 heteroatoms. The molecule has 0 saturated carbocycles. The normalized spacial score (nSPS) is 14.1. The minimum absolute atomic E-state index is 0.105. The average Bonchev–Trinajstić information content (AvgIpc) is 3.52. The Balaban J connectivity index is 5.02. The van der Waals surface area contributed by atoms with Gasteiger partial charge in [0.05, 0.1) is 26.4 Å². The van der Waals surface area contributed by atoms with Gasteiger partial charge in [-0.05, 0) is 25.7 Å². The molecule has 85 heavy (non-hydrogen) atoms. The predicted octanol–water partition coefficient (Wildman–Crippen LogP) is 18.7. The topological polar surface area (TPSA) is 237 Å². The minimum atomic E-state index is -4.94. The smallest absolute Gasteiger partial charge is 0.462 e. The van der Waals surface area contributed by atoms with Gasteiger partial charge in [0.1, 0.15) is 19.3 Å². The molecule has 0 radical (unpaired) electrons. The monoisotopic (exact) mass is 1250 g/mol. The van der Waals surface area contributed by atoms with Crippen LogP contribution >= 0.6 is 15.6 Å². The summed E-state index contributed by atoms with van der Waals surface area (Å²) in [6, 6.07) is 0. The molecule has 5 atom stereocenters. The second kappa shape index (κ2) is 60.9. The van der Waals surface area contributed by atoms with Crippen molar-refractivity contribution in [3.8, 4) is 0 Å². The summed E-state index contributed by atoms with van der Waals surface area (Å²) in [5.41, 5.74) is 0. The first-order valence-corrected chi connectivity index (χ1v) is 37.8. The summed E-state index contributed by atoms with van der Waals surface area (Å²) in [6.45, 7) is 4.81. The molecule has 0 aromatic heterocycles. The number of rotatable bonds is 67. The highest BCUT2D eigenvalue weighted by Gasteiger charge is 2.30. The van der Waals surface area contributed by atoms with Crippen molar-refractivity contribution in [2.24, 2.45) is 0 Å². The van der Waals surface area contributed by atoms with Crippen LogP contribution in [0.5, 0.6) is 0 Å². The van der Waals surface area contributed by atoms with E-state index in [4.69, 9.17) is 37.0 Å². The number of aliphatic hydroxyl groups is 1. The Morgan fingerprint density at radius 3 is 0.694 bits per heavy atom. The molecule has 3 N–H and O–H groups in total. The third kappa shape index (κ3) is 60.7. The summed E-state index contributed by atoms with van der Waals surface area (Å²) in [4.78, 5) is 71.9. The fraction of sp³-hybridized carbons (Fsp3) is 0.939. The highest BCUT2D eigenvalue weighted by atomic mass is 31.2. The van der Waals surface area contributed by atoms with E-state index >= 15 is 0 Å². The third-order valence-electron chi connectivity index (χ3n) is 15.4. The number of hydrogen-bond acceptors (Lipinski definition) is 15. The minimum Gasteiger partial charge on any atom is -0.462 e. The number of carbonyl (C=O) groups excluding carboxylic acids is 4. The maximum absolute atomic E-state index is 13.0. The molecule has 0 aromatic carbocycles. The number of esters is 4. The number of phosphoric ester groups is 2. The van der Waals surface area contributed by atoms with Crippen LogP contribution in [-0.4, -0.2) is 96.7 Å². The van der Waals surface area contributed by atoms with Gasteiger partial charge in [-0.1, -0.05) is 291 Å². The van der Waals surface area contributed by atoms with Gasteiger partial charge in [0, 0.05) is 25.7 Å². The van der Waals surface area contributed by atoms with E-state index < -0.39 is 97.5 Å². The van der Waals surface area contributed by atoms with Crippen molar-refractivity contribution in [3.63, 3.8) is 0 Å². The molecule has 0 fully saturated rings. The molecule has 0 aliphatic heterocycles. The van der Waals surface area contributed by atoms with Gasteiger partial charge in [0.2, 0.25) is 0 Å². The van der Waals surface area contributed by atoms with Gasteiger partial charge in [0.25, 0.3) is 0 Å². The van der Waals surface area contributed by atoms with Crippen LogP contribution in [0.2, 0.25) is 0 Å². The summed E-state index contributed by atoms with van der Waals surface area (Å²) in [5.74, 6) is -2.14. The first-order valence-electron chi connectivity index (χ1n) is 34.8. The SMILES string of the molecule is CCCCCCCCCCCCCCCCCCCCCCCCC(=O)O[C@H](COC(=O)CCCCCCCCCC)COP(=O)(O)OC[C@@H](O)COP(=O)(O)OC[C@@H](COC(=O)CCCCCCCCC)OC(=O)CCCCCCCCCC. The van der Waals surface area contributed by atoms with Gasteiger partial charge in [-0.15, -0.1) is 0 Å². The van der Waals surface area contributed by atoms with Crippen LogP contribution in [0, 0.1) is 0 Å². The molecule has 2 unspecified atom stereocenters. The molecule has 0 aromatic rings. The predicted molar refractivity (Wildman–Crippen MR) is 340 cm³/mol. The lowest BCUT2D eigenvalue weighted by atomic mass is 10.0. The molecule has 0 heterocycles. The maximum atomic E-state index is 13.0. The van der Waals surface area contributed by atoms with Crippen molar-refractivity contribution in [2.75, 3.05) is 39.6 Å². The Bertz CT molecular complexity index is 1640. The molecule has 0 aliphatic carbocycles. The Labute approximate surface area is 517 Å². The molecule has 0 saturated heterocycles. The Morgan fingerprint density at radius 1 is 0.282 bits per heavy atom. The van der Waals surface area contributed by atoms with Crippen LogP contribution in [0.4, 0.5) is 0 Å². The molecular formula is C66H128O17P2. The summed E-state index contributed by atoms with van der Waals surface area (Å²) >= 11 is 0. The molecular weight excluding hydrogens is 1130 g/mol.